The van der Waals surface area contributed by atoms with Gasteiger partial charge in [-0.2, -0.15) is 0 Å². The van der Waals surface area contributed by atoms with E-state index in [1.54, 1.807) is 27.9 Å². The van der Waals surface area contributed by atoms with Crippen LogP contribution < -0.4 is 16.0 Å². The van der Waals surface area contributed by atoms with Crippen molar-refractivity contribution in [2.75, 3.05) is 33.7 Å². The first-order valence-electron chi connectivity index (χ1n) is 6.99. The van der Waals surface area contributed by atoms with Crippen molar-refractivity contribution < 1.29 is 19.5 Å². The molecule has 0 bridgehead atoms. The highest BCUT2D eigenvalue weighted by Crippen LogP contribution is 2.25. The van der Waals surface area contributed by atoms with Crippen molar-refractivity contribution in [3.05, 3.63) is 0 Å². The third-order valence-electron chi connectivity index (χ3n) is 3.49. The van der Waals surface area contributed by atoms with Crippen molar-refractivity contribution >= 4 is 18.0 Å². The second-order valence-corrected chi connectivity index (χ2v) is 5.03. The van der Waals surface area contributed by atoms with Gasteiger partial charge in [0.2, 0.25) is 0 Å². The standard InChI is InChI=1S/C13H26N4O4/c1-5-13(6-2,10(18)19)9-16-11(20)14-7-8-15-12(21)17(3)4/h5-9H2,1-4H3,(H,15,21)(H,18,19)(H2,14,16,20). The van der Waals surface area contributed by atoms with Crippen molar-refractivity contribution in [2.45, 2.75) is 26.7 Å². The molecule has 0 aromatic heterocycles. The third-order valence-corrected chi connectivity index (χ3v) is 3.49. The minimum atomic E-state index is -0.934. The van der Waals surface area contributed by atoms with E-state index in [0.29, 0.717) is 19.4 Å². The SMILES string of the molecule is CCC(CC)(CNC(=O)NCCNC(=O)N(C)C)C(=O)O. The number of carbonyl (C=O) groups is 3. The molecule has 0 aromatic rings. The van der Waals surface area contributed by atoms with E-state index in [4.69, 9.17) is 0 Å². The van der Waals surface area contributed by atoms with Crippen LogP contribution in [0.25, 0.3) is 0 Å². The largest absolute Gasteiger partial charge is 0.481 e. The van der Waals surface area contributed by atoms with Gasteiger partial charge in [-0.1, -0.05) is 13.8 Å². The highest BCUT2D eigenvalue weighted by molar-refractivity contribution is 5.78. The van der Waals surface area contributed by atoms with Gasteiger partial charge in [-0.25, -0.2) is 9.59 Å². The zero-order chi connectivity index (χ0) is 16.5. The molecular weight excluding hydrogens is 276 g/mol. The predicted molar refractivity (Wildman–Crippen MR) is 79.1 cm³/mol. The van der Waals surface area contributed by atoms with Crippen molar-refractivity contribution in [1.82, 2.24) is 20.9 Å². The Morgan fingerprint density at radius 3 is 1.95 bits per heavy atom. The Labute approximate surface area is 125 Å². The van der Waals surface area contributed by atoms with E-state index < -0.39 is 17.4 Å². The average Bonchev–Trinajstić information content (AvgIpc) is 2.44. The van der Waals surface area contributed by atoms with Crippen molar-refractivity contribution in [1.29, 1.82) is 0 Å². The minimum Gasteiger partial charge on any atom is -0.481 e. The molecule has 0 saturated heterocycles. The van der Waals surface area contributed by atoms with Crippen molar-refractivity contribution in [3.63, 3.8) is 0 Å². The lowest BCUT2D eigenvalue weighted by Crippen LogP contribution is -2.47. The Bertz CT molecular complexity index is 367. The predicted octanol–water partition coefficient (Wildman–Crippen LogP) is 0.448. The molecule has 21 heavy (non-hydrogen) atoms. The van der Waals surface area contributed by atoms with Crippen LogP contribution in [0.4, 0.5) is 9.59 Å². The fraction of sp³-hybridized carbons (Fsp3) is 0.769. The molecule has 0 aliphatic heterocycles. The van der Waals surface area contributed by atoms with E-state index in [-0.39, 0.29) is 19.1 Å². The van der Waals surface area contributed by atoms with E-state index in [1.165, 1.54) is 4.90 Å². The number of nitrogens with one attached hydrogen (secondary N) is 3. The van der Waals surface area contributed by atoms with Gasteiger partial charge >= 0.3 is 18.0 Å². The van der Waals surface area contributed by atoms with Gasteiger partial charge in [-0.3, -0.25) is 4.79 Å². The molecule has 0 atom stereocenters. The number of aliphatic carboxylic acids is 1. The molecule has 122 valence electrons. The van der Waals surface area contributed by atoms with Crippen molar-refractivity contribution in [2.24, 2.45) is 5.41 Å². The molecule has 0 saturated carbocycles. The summed E-state index contributed by atoms with van der Waals surface area (Å²) in [6, 6.07) is -0.680. The molecule has 0 heterocycles. The molecule has 4 amide bonds. The molecule has 0 unspecified atom stereocenters. The summed E-state index contributed by atoms with van der Waals surface area (Å²) in [5, 5.41) is 17.0. The molecule has 0 aromatic carbocycles. The third kappa shape index (κ3) is 6.33. The van der Waals surface area contributed by atoms with E-state index in [9.17, 15) is 19.5 Å². The van der Waals surface area contributed by atoms with Crippen LogP contribution in [0.2, 0.25) is 0 Å². The number of urea groups is 2. The molecule has 0 aliphatic rings. The highest BCUT2D eigenvalue weighted by atomic mass is 16.4. The first kappa shape index (κ1) is 19.0. The molecule has 0 rings (SSSR count). The lowest BCUT2D eigenvalue weighted by molar-refractivity contribution is -0.149. The van der Waals surface area contributed by atoms with Crippen LogP contribution in [0.3, 0.4) is 0 Å². The smallest absolute Gasteiger partial charge is 0.316 e. The van der Waals surface area contributed by atoms with Crippen molar-refractivity contribution in [3.8, 4) is 0 Å². The van der Waals surface area contributed by atoms with E-state index in [0.717, 1.165) is 0 Å². The second kappa shape index (κ2) is 9.04. The Balaban J connectivity index is 4.05. The normalized spacial score (nSPS) is 10.7. The number of amides is 4. The summed E-state index contributed by atoms with van der Waals surface area (Å²) in [6.07, 6.45) is 0.885. The summed E-state index contributed by atoms with van der Waals surface area (Å²) >= 11 is 0. The molecular formula is C13H26N4O4. The summed E-state index contributed by atoms with van der Waals surface area (Å²) in [5.41, 5.74) is -0.934. The lowest BCUT2D eigenvalue weighted by Gasteiger charge is -2.26. The minimum absolute atomic E-state index is 0.0746. The average molecular weight is 302 g/mol. The summed E-state index contributed by atoms with van der Waals surface area (Å²) in [7, 11) is 3.24. The first-order chi connectivity index (χ1) is 9.79. The van der Waals surface area contributed by atoms with Crippen LogP contribution in [0, 0.1) is 5.41 Å². The fourth-order valence-corrected chi connectivity index (χ4v) is 1.69. The second-order valence-electron chi connectivity index (χ2n) is 5.03. The molecule has 0 aliphatic carbocycles. The quantitative estimate of drug-likeness (QED) is 0.488. The van der Waals surface area contributed by atoms with Gasteiger partial charge in [-0.15, -0.1) is 0 Å². The number of nitrogens with zero attached hydrogens (tertiary/aromatic N) is 1. The van der Waals surface area contributed by atoms with Crippen LogP contribution in [-0.4, -0.2) is 61.8 Å². The van der Waals surface area contributed by atoms with Gasteiger partial charge in [0.1, 0.15) is 0 Å². The van der Waals surface area contributed by atoms with Crippen LogP contribution in [0.1, 0.15) is 26.7 Å². The van der Waals surface area contributed by atoms with Gasteiger partial charge in [-0.05, 0) is 12.8 Å². The van der Waals surface area contributed by atoms with Gasteiger partial charge in [0.25, 0.3) is 0 Å². The lowest BCUT2D eigenvalue weighted by atomic mass is 9.82. The molecule has 0 radical (unpaired) electrons. The molecule has 0 fully saturated rings. The summed E-state index contributed by atoms with van der Waals surface area (Å²) in [4.78, 5) is 35.5. The first-order valence-corrected chi connectivity index (χ1v) is 6.99. The summed E-state index contributed by atoms with van der Waals surface area (Å²) in [5.74, 6) is -0.911. The summed E-state index contributed by atoms with van der Waals surface area (Å²) < 4.78 is 0. The van der Waals surface area contributed by atoms with Gasteiger partial charge < -0.3 is 26.0 Å². The monoisotopic (exact) mass is 302 g/mol. The topological polar surface area (TPSA) is 111 Å². The number of hydrogen-bond donors (Lipinski definition) is 4. The Morgan fingerprint density at radius 2 is 1.52 bits per heavy atom. The Hall–Kier alpha value is -1.99. The van der Waals surface area contributed by atoms with E-state index in [2.05, 4.69) is 16.0 Å². The Morgan fingerprint density at radius 1 is 1.00 bits per heavy atom. The van der Waals surface area contributed by atoms with Gasteiger partial charge in [0.05, 0.1) is 5.41 Å². The van der Waals surface area contributed by atoms with Gasteiger partial charge in [0.15, 0.2) is 0 Å². The fourth-order valence-electron chi connectivity index (χ4n) is 1.69. The van der Waals surface area contributed by atoms with E-state index >= 15 is 0 Å². The maximum absolute atomic E-state index is 11.6. The number of carboxylic acid groups (broad SMARTS) is 1. The van der Waals surface area contributed by atoms with Crippen LogP contribution >= 0.6 is 0 Å². The van der Waals surface area contributed by atoms with Gasteiger partial charge in [0, 0.05) is 33.7 Å². The summed E-state index contributed by atoms with van der Waals surface area (Å²) in [6.45, 7) is 4.22. The Kier molecular flexibility index (Phi) is 8.18. The molecule has 4 N–H and O–H groups in total. The molecule has 0 spiro atoms. The van der Waals surface area contributed by atoms with Crippen LogP contribution in [0.5, 0.6) is 0 Å². The number of carboxylic acids is 1. The molecule has 8 heteroatoms. The zero-order valence-electron chi connectivity index (χ0n) is 13.2. The number of rotatable bonds is 8. The highest BCUT2D eigenvalue weighted by Gasteiger charge is 2.35. The number of hydrogen-bond acceptors (Lipinski definition) is 3. The molecule has 8 nitrogen and oxygen atoms in total. The van der Waals surface area contributed by atoms with E-state index in [1.807, 2.05) is 0 Å². The van der Waals surface area contributed by atoms with Crippen LogP contribution in [-0.2, 0) is 4.79 Å². The maximum atomic E-state index is 11.6. The number of carbonyl (C=O) groups excluding carboxylic acids is 2. The van der Waals surface area contributed by atoms with Crippen LogP contribution in [0.15, 0.2) is 0 Å². The maximum Gasteiger partial charge on any atom is 0.316 e. The zero-order valence-corrected chi connectivity index (χ0v) is 13.2.